The van der Waals surface area contributed by atoms with Crippen molar-refractivity contribution in [2.24, 2.45) is 5.92 Å². The minimum atomic E-state index is -0.138. The van der Waals surface area contributed by atoms with E-state index in [1.165, 1.54) is 0 Å². The first-order valence-electron chi connectivity index (χ1n) is 4.41. The van der Waals surface area contributed by atoms with Crippen molar-refractivity contribution in [3.63, 3.8) is 0 Å². The van der Waals surface area contributed by atoms with Crippen LogP contribution in [0.25, 0.3) is 0 Å². The monoisotopic (exact) mass is 174 g/mol. The molecular formula is C9H18O3. The van der Waals surface area contributed by atoms with Crippen LogP contribution in [0.2, 0.25) is 0 Å². The van der Waals surface area contributed by atoms with Crippen molar-refractivity contribution in [3.05, 3.63) is 0 Å². The first kappa shape index (κ1) is 11.4. The molecule has 0 aliphatic heterocycles. The maximum Gasteiger partial charge on any atom is 0.311 e. The number of ether oxygens (including phenoxy) is 2. The Hall–Kier alpha value is -0.570. The molecule has 1 unspecified atom stereocenters. The largest absolute Gasteiger partial charge is 0.466 e. The number of methoxy groups -OCH3 is 1. The number of esters is 1. The average Bonchev–Trinajstić information content (AvgIpc) is 2.04. The summed E-state index contributed by atoms with van der Waals surface area (Å²) in [4.78, 5) is 11.2. The van der Waals surface area contributed by atoms with Crippen LogP contribution < -0.4 is 0 Å². The summed E-state index contributed by atoms with van der Waals surface area (Å²) in [6.07, 6.45) is 1.82. The van der Waals surface area contributed by atoms with Crippen LogP contribution in [0.5, 0.6) is 0 Å². The van der Waals surface area contributed by atoms with Gasteiger partial charge in [-0.2, -0.15) is 0 Å². The van der Waals surface area contributed by atoms with Crippen molar-refractivity contribution < 1.29 is 14.3 Å². The highest BCUT2D eigenvalue weighted by Gasteiger charge is 2.17. The molecule has 0 aromatic heterocycles. The second-order valence-electron chi connectivity index (χ2n) is 2.69. The lowest BCUT2D eigenvalue weighted by atomic mass is 10.1. The van der Waals surface area contributed by atoms with Crippen LogP contribution >= 0.6 is 0 Å². The van der Waals surface area contributed by atoms with E-state index in [1.54, 1.807) is 7.11 Å². The summed E-state index contributed by atoms with van der Waals surface area (Å²) in [6.45, 7) is 4.77. The second-order valence-corrected chi connectivity index (χ2v) is 2.69. The fourth-order valence-corrected chi connectivity index (χ4v) is 1.08. The van der Waals surface area contributed by atoms with Gasteiger partial charge in [-0.3, -0.25) is 4.79 Å². The highest BCUT2D eigenvalue weighted by molar-refractivity contribution is 5.72. The zero-order valence-electron chi connectivity index (χ0n) is 8.13. The zero-order chi connectivity index (χ0) is 9.40. The fourth-order valence-electron chi connectivity index (χ4n) is 1.08. The Morgan fingerprint density at radius 2 is 2.08 bits per heavy atom. The minimum Gasteiger partial charge on any atom is -0.466 e. The van der Waals surface area contributed by atoms with Gasteiger partial charge in [0.05, 0.1) is 19.1 Å². The molecule has 3 heteroatoms. The summed E-state index contributed by atoms with van der Waals surface area (Å²) >= 11 is 0. The third kappa shape index (κ3) is 4.34. The van der Waals surface area contributed by atoms with E-state index in [1.807, 2.05) is 13.8 Å². The molecule has 0 radical (unpaired) electrons. The molecular weight excluding hydrogens is 156 g/mol. The van der Waals surface area contributed by atoms with E-state index in [0.29, 0.717) is 13.2 Å². The lowest BCUT2D eigenvalue weighted by Gasteiger charge is -2.12. The van der Waals surface area contributed by atoms with Gasteiger partial charge in [0, 0.05) is 7.11 Å². The maximum absolute atomic E-state index is 11.2. The fraction of sp³-hybridized carbons (Fsp3) is 0.889. The van der Waals surface area contributed by atoms with Crippen LogP contribution in [0.3, 0.4) is 0 Å². The molecule has 0 bridgehead atoms. The van der Waals surface area contributed by atoms with Gasteiger partial charge in [-0.1, -0.05) is 13.3 Å². The summed E-state index contributed by atoms with van der Waals surface area (Å²) in [5.74, 6) is -0.221. The number of hydrogen-bond donors (Lipinski definition) is 0. The van der Waals surface area contributed by atoms with Crippen LogP contribution in [0.1, 0.15) is 26.7 Å². The van der Waals surface area contributed by atoms with Crippen LogP contribution in [0.15, 0.2) is 0 Å². The summed E-state index contributed by atoms with van der Waals surface area (Å²) in [6, 6.07) is 0. The van der Waals surface area contributed by atoms with E-state index in [0.717, 1.165) is 12.8 Å². The van der Waals surface area contributed by atoms with Crippen LogP contribution in [-0.4, -0.2) is 26.3 Å². The third-order valence-electron chi connectivity index (χ3n) is 1.62. The minimum absolute atomic E-state index is 0.0834. The van der Waals surface area contributed by atoms with Crippen molar-refractivity contribution in [1.82, 2.24) is 0 Å². The van der Waals surface area contributed by atoms with Crippen LogP contribution in [0, 0.1) is 5.92 Å². The highest BCUT2D eigenvalue weighted by atomic mass is 16.5. The van der Waals surface area contributed by atoms with Crippen LogP contribution in [-0.2, 0) is 14.3 Å². The summed E-state index contributed by atoms with van der Waals surface area (Å²) in [5.41, 5.74) is 0. The molecule has 0 aliphatic carbocycles. The van der Waals surface area contributed by atoms with E-state index < -0.39 is 0 Å². The van der Waals surface area contributed by atoms with E-state index in [-0.39, 0.29) is 11.9 Å². The van der Waals surface area contributed by atoms with Gasteiger partial charge < -0.3 is 9.47 Å². The number of carbonyl (C=O) groups is 1. The Kier molecular flexibility index (Phi) is 6.76. The Morgan fingerprint density at radius 3 is 2.50 bits per heavy atom. The maximum atomic E-state index is 11.2. The van der Waals surface area contributed by atoms with E-state index in [4.69, 9.17) is 9.47 Å². The van der Waals surface area contributed by atoms with Gasteiger partial charge in [-0.15, -0.1) is 0 Å². The summed E-state index contributed by atoms with van der Waals surface area (Å²) in [5, 5.41) is 0. The first-order chi connectivity index (χ1) is 5.76. The van der Waals surface area contributed by atoms with Crippen molar-refractivity contribution in [2.75, 3.05) is 20.3 Å². The SMILES string of the molecule is CCCC(COC)C(=O)OCC. The molecule has 3 nitrogen and oxygen atoms in total. The summed E-state index contributed by atoms with van der Waals surface area (Å²) in [7, 11) is 1.60. The van der Waals surface area contributed by atoms with Crippen molar-refractivity contribution in [3.8, 4) is 0 Å². The molecule has 0 spiro atoms. The Labute approximate surface area is 74.0 Å². The van der Waals surface area contributed by atoms with Crippen molar-refractivity contribution in [2.45, 2.75) is 26.7 Å². The lowest BCUT2D eigenvalue weighted by Crippen LogP contribution is -2.22. The Bertz CT molecular complexity index is 117. The van der Waals surface area contributed by atoms with Gasteiger partial charge in [-0.25, -0.2) is 0 Å². The molecule has 0 amide bonds. The standard InChI is InChI=1S/C9H18O3/c1-4-6-8(7-11-3)9(10)12-5-2/h8H,4-7H2,1-3H3. The molecule has 0 rings (SSSR count). The molecule has 0 saturated heterocycles. The van der Waals surface area contributed by atoms with Gasteiger partial charge in [0.15, 0.2) is 0 Å². The number of hydrogen-bond acceptors (Lipinski definition) is 3. The van der Waals surface area contributed by atoms with E-state index in [2.05, 4.69) is 0 Å². The number of carbonyl (C=O) groups excluding carboxylic acids is 1. The van der Waals surface area contributed by atoms with Gasteiger partial charge >= 0.3 is 5.97 Å². The second kappa shape index (κ2) is 7.10. The number of rotatable bonds is 6. The molecule has 12 heavy (non-hydrogen) atoms. The van der Waals surface area contributed by atoms with E-state index in [9.17, 15) is 4.79 Å². The molecule has 0 fully saturated rings. The third-order valence-corrected chi connectivity index (χ3v) is 1.62. The predicted octanol–water partition coefficient (Wildman–Crippen LogP) is 1.61. The Balaban J connectivity index is 3.81. The van der Waals surface area contributed by atoms with Gasteiger partial charge in [0.25, 0.3) is 0 Å². The molecule has 0 N–H and O–H groups in total. The quantitative estimate of drug-likeness (QED) is 0.574. The molecule has 0 aromatic carbocycles. The Morgan fingerprint density at radius 1 is 1.42 bits per heavy atom. The van der Waals surface area contributed by atoms with Gasteiger partial charge in [-0.05, 0) is 13.3 Å². The smallest absolute Gasteiger partial charge is 0.311 e. The summed E-state index contributed by atoms with van der Waals surface area (Å²) < 4.78 is 9.81. The predicted molar refractivity (Wildman–Crippen MR) is 46.9 cm³/mol. The molecule has 0 aromatic rings. The lowest BCUT2D eigenvalue weighted by molar-refractivity contribution is -0.150. The van der Waals surface area contributed by atoms with E-state index >= 15 is 0 Å². The first-order valence-corrected chi connectivity index (χ1v) is 4.41. The average molecular weight is 174 g/mol. The normalized spacial score (nSPS) is 12.6. The highest BCUT2D eigenvalue weighted by Crippen LogP contribution is 2.08. The van der Waals surface area contributed by atoms with Crippen molar-refractivity contribution in [1.29, 1.82) is 0 Å². The molecule has 1 atom stereocenters. The molecule has 72 valence electrons. The van der Waals surface area contributed by atoms with Gasteiger partial charge in [0.1, 0.15) is 0 Å². The molecule has 0 heterocycles. The van der Waals surface area contributed by atoms with Crippen LogP contribution in [0.4, 0.5) is 0 Å². The molecule has 0 saturated carbocycles. The zero-order valence-corrected chi connectivity index (χ0v) is 8.13. The van der Waals surface area contributed by atoms with Gasteiger partial charge in [0.2, 0.25) is 0 Å². The van der Waals surface area contributed by atoms with Crippen molar-refractivity contribution >= 4 is 5.97 Å². The topological polar surface area (TPSA) is 35.5 Å². The molecule has 0 aliphatic rings.